The van der Waals surface area contributed by atoms with Gasteiger partial charge in [0.15, 0.2) is 5.78 Å². The standard InChI is InChI=1S/C25H25ClN2O2S/c1-28(2)16-17-5-3-6-18(13-17)19-7-4-8-20(14-19)22-15-21(30-27-22)9-10-23(29)24-11-12-25(26)31-24/h3-8,11-14,21H,9-10,15-16H2,1-2H3. The minimum absolute atomic E-state index is 0.0681. The van der Waals surface area contributed by atoms with Crippen LogP contribution >= 0.6 is 22.9 Å². The Labute approximate surface area is 192 Å². The van der Waals surface area contributed by atoms with Crippen LogP contribution in [0, 0.1) is 0 Å². The van der Waals surface area contributed by atoms with Gasteiger partial charge in [0.1, 0.15) is 6.10 Å². The van der Waals surface area contributed by atoms with Crippen molar-refractivity contribution in [3.8, 4) is 11.1 Å². The maximum absolute atomic E-state index is 12.3. The fraction of sp³-hybridized carbons (Fsp3) is 0.280. The highest BCUT2D eigenvalue weighted by atomic mass is 35.5. The molecule has 0 amide bonds. The fourth-order valence-corrected chi connectivity index (χ4v) is 4.74. The van der Waals surface area contributed by atoms with E-state index in [0.29, 0.717) is 28.5 Å². The lowest BCUT2D eigenvalue weighted by Gasteiger charge is -2.11. The first-order valence-electron chi connectivity index (χ1n) is 10.3. The van der Waals surface area contributed by atoms with Crippen molar-refractivity contribution in [3.05, 3.63) is 81.0 Å². The summed E-state index contributed by atoms with van der Waals surface area (Å²) in [4.78, 5) is 20.8. The Morgan fingerprint density at radius 1 is 1.10 bits per heavy atom. The van der Waals surface area contributed by atoms with Gasteiger partial charge in [0.2, 0.25) is 0 Å². The maximum atomic E-state index is 12.3. The smallest absolute Gasteiger partial charge is 0.172 e. The van der Waals surface area contributed by atoms with Gasteiger partial charge in [-0.1, -0.05) is 53.2 Å². The van der Waals surface area contributed by atoms with Gasteiger partial charge < -0.3 is 9.74 Å². The molecule has 6 heteroatoms. The van der Waals surface area contributed by atoms with E-state index in [4.69, 9.17) is 16.4 Å². The number of carbonyl (C=O) groups excluding carboxylic acids is 1. The summed E-state index contributed by atoms with van der Waals surface area (Å²) in [7, 11) is 4.15. The summed E-state index contributed by atoms with van der Waals surface area (Å²) in [6.07, 6.45) is 1.72. The second-order valence-electron chi connectivity index (χ2n) is 8.05. The normalized spacial score (nSPS) is 15.7. The van der Waals surface area contributed by atoms with Crippen molar-refractivity contribution in [1.82, 2.24) is 4.90 Å². The second-order valence-corrected chi connectivity index (χ2v) is 9.77. The molecule has 1 aliphatic heterocycles. The van der Waals surface area contributed by atoms with E-state index in [1.165, 1.54) is 22.5 Å². The highest BCUT2D eigenvalue weighted by molar-refractivity contribution is 7.18. The van der Waals surface area contributed by atoms with E-state index >= 15 is 0 Å². The number of Topliss-reactive ketones (excluding diaryl/α,β-unsaturated/α-hetero) is 1. The monoisotopic (exact) mass is 452 g/mol. The number of ketones is 1. The number of oxime groups is 1. The molecule has 160 valence electrons. The molecule has 0 saturated heterocycles. The summed E-state index contributed by atoms with van der Waals surface area (Å²) in [5.74, 6) is 0.105. The Hall–Kier alpha value is -2.47. The zero-order chi connectivity index (χ0) is 21.8. The lowest BCUT2D eigenvalue weighted by atomic mass is 9.97. The third-order valence-corrected chi connectivity index (χ3v) is 6.50. The van der Waals surface area contributed by atoms with Gasteiger partial charge in [0.05, 0.1) is 14.9 Å². The van der Waals surface area contributed by atoms with E-state index in [0.717, 1.165) is 23.4 Å². The average Bonchev–Trinajstić information content (AvgIpc) is 3.41. The van der Waals surface area contributed by atoms with Crippen molar-refractivity contribution in [1.29, 1.82) is 0 Å². The van der Waals surface area contributed by atoms with Crippen LogP contribution in [0.25, 0.3) is 11.1 Å². The topological polar surface area (TPSA) is 41.9 Å². The zero-order valence-corrected chi connectivity index (χ0v) is 19.2. The Morgan fingerprint density at radius 2 is 1.84 bits per heavy atom. The molecule has 0 aliphatic carbocycles. The Morgan fingerprint density at radius 3 is 2.58 bits per heavy atom. The first-order valence-corrected chi connectivity index (χ1v) is 11.5. The van der Waals surface area contributed by atoms with Crippen molar-refractivity contribution in [2.45, 2.75) is 31.9 Å². The number of thiophene rings is 1. The van der Waals surface area contributed by atoms with Crippen LogP contribution in [0.5, 0.6) is 0 Å². The quantitative estimate of drug-likeness (QED) is 0.377. The Kier molecular flexibility index (Phi) is 6.86. The number of nitrogens with zero attached hydrogens (tertiary/aromatic N) is 2. The van der Waals surface area contributed by atoms with Crippen LogP contribution in [0.3, 0.4) is 0 Å². The number of rotatable bonds is 8. The molecule has 2 heterocycles. The lowest BCUT2D eigenvalue weighted by Crippen LogP contribution is -2.11. The van der Waals surface area contributed by atoms with Crippen molar-refractivity contribution >= 4 is 34.4 Å². The molecule has 0 bridgehead atoms. The van der Waals surface area contributed by atoms with E-state index in [2.05, 4.69) is 72.7 Å². The molecule has 0 N–H and O–H groups in total. The first kappa shape index (κ1) is 21.8. The SMILES string of the molecule is CN(C)Cc1cccc(-c2cccc(C3=NOC(CCC(=O)c4ccc(Cl)s4)C3)c2)c1. The van der Waals surface area contributed by atoms with E-state index in [1.54, 1.807) is 12.1 Å². The number of carbonyl (C=O) groups is 1. The molecule has 2 aromatic carbocycles. The minimum Gasteiger partial charge on any atom is -0.392 e. The van der Waals surface area contributed by atoms with Gasteiger partial charge in [-0.15, -0.1) is 11.3 Å². The highest BCUT2D eigenvalue weighted by Gasteiger charge is 2.23. The Bertz CT molecular complexity index is 1110. The number of hydrogen-bond donors (Lipinski definition) is 0. The van der Waals surface area contributed by atoms with Crippen molar-refractivity contribution in [2.24, 2.45) is 5.16 Å². The molecule has 1 unspecified atom stereocenters. The van der Waals surface area contributed by atoms with Crippen molar-refractivity contribution in [3.63, 3.8) is 0 Å². The molecule has 0 radical (unpaired) electrons. The lowest BCUT2D eigenvalue weighted by molar-refractivity contribution is 0.0720. The summed E-state index contributed by atoms with van der Waals surface area (Å²) >= 11 is 7.25. The van der Waals surface area contributed by atoms with Gasteiger partial charge in [-0.05, 0) is 61.5 Å². The van der Waals surface area contributed by atoms with Crippen LogP contribution in [-0.4, -0.2) is 36.6 Å². The molecular weight excluding hydrogens is 428 g/mol. The van der Waals surface area contributed by atoms with E-state index < -0.39 is 0 Å². The zero-order valence-electron chi connectivity index (χ0n) is 17.7. The predicted molar refractivity (Wildman–Crippen MR) is 128 cm³/mol. The maximum Gasteiger partial charge on any atom is 0.172 e. The summed E-state index contributed by atoms with van der Waals surface area (Å²) in [5, 5.41) is 4.31. The third-order valence-electron chi connectivity index (χ3n) is 5.23. The van der Waals surface area contributed by atoms with E-state index in [9.17, 15) is 4.79 Å². The molecule has 4 nitrogen and oxygen atoms in total. The van der Waals surface area contributed by atoms with Gasteiger partial charge >= 0.3 is 0 Å². The highest BCUT2D eigenvalue weighted by Crippen LogP contribution is 2.27. The first-order chi connectivity index (χ1) is 15.0. The number of hydrogen-bond acceptors (Lipinski definition) is 5. The van der Waals surface area contributed by atoms with Gasteiger partial charge in [-0.3, -0.25) is 4.79 Å². The van der Waals surface area contributed by atoms with Gasteiger partial charge in [0.25, 0.3) is 0 Å². The minimum atomic E-state index is -0.0681. The summed E-state index contributed by atoms with van der Waals surface area (Å²) in [5.41, 5.74) is 5.63. The molecule has 1 aromatic heterocycles. The van der Waals surface area contributed by atoms with Gasteiger partial charge in [-0.25, -0.2) is 0 Å². The van der Waals surface area contributed by atoms with Crippen LogP contribution in [-0.2, 0) is 11.4 Å². The van der Waals surface area contributed by atoms with Crippen LogP contribution in [0.15, 0.2) is 65.8 Å². The van der Waals surface area contributed by atoms with Crippen LogP contribution in [0.4, 0.5) is 0 Å². The fourth-order valence-electron chi connectivity index (χ4n) is 3.73. The molecular formula is C25H25ClN2O2S. The van der Waals surface area contributed by atoms with Crippen molar-refractivity contribution in [2.75, 3.05) is 14.1 Å². The number of benzene rings is 2. The second kappa shape index (κ2) is 9.77. The molecule has 0 saturated carbocycles. The molecule has 31 heavy (non-hydrogen) atoms. The molecule has 1 atom stereocenters. The van der Waals surface area contributed by atoms with E-state index in [-0.39, 0.29) is 11.9 Å². The summed E-state index contributed by atoms with van der Waals surface area (Å²) in [6.45, 7) is 0.909. The summed E-state index contributed by atoms with van der Waals surface area (Å²) < 4.78 is 0.637. The van der Waals surface area contributed by atoms with Crippen molar-refractivity contribution < 1.29 is 9.63 Å². The molecule has 1 aliphatic rings. The summed E-state index contributed by atoms with van der Waals surface area (Å²) in [6, 6.07) is 20.6. The Balaban J connectivity index is 1.39. The molecule has 0 fully saturated rings. The average molecular weight is 453 g/mol. The molecule has 3 aromatic rings. The predicted octanol–water partition coefficient (Wildman–Crippen LogP) is 6.29. The third kappa shape index (κ3) is 5.62. The van der Waals surface area contributed by atoms with Gasteiger partial charge in [0, 0.05) is 24.9 Å². The van der Waals surface area contributed by atoms with Crippen LogP contribution in [0.1, 0.15) is 40.1 Å². The molecule has 4 rings (SSSR count). The molecule has 0 spiro atoms. The van der Waals surface area contributed by atoms with Crippen LogP contribution in [0.2, 0.25) is 4.34 Å². The van der Waals surface area contributed by atoms with Gasteiger partial charge in [-0.2, -0.15) is 0 Å². The van der Waals surface area contributed by atoms with E-state index in [1.807, 2.05) is 0 Å². The largest absolute Gasteiger partial charge is 0.392 e. The number of halogens is 1. The van der Waals surface area contributed by atoms with Crippen LogP contribution < -0.4 is 0 Å².